The van der Waals surface area contributed by atoms with Crippen molar-refractivity contribution in [1.29, 1.82) is 5.26 Å². The maximum Gasteiger partial charge on any atom is 0.265 e. The Bertz CT molecular complexity index is 828. The molecule has 21 heavy (non-hydrogen) atoms. The Morgan fingerprint density at radius 1 is 1.52 bits per heavy atom. The van der Waals surface area contributed by atoms with Crippen molar-refractivity contribution in [3.05, 3.63) is 27.9 Å². The first-order valence-electron chi connectivity index (χ1n) is 6.31. The van der Waals surface area contributed by atoms with Crippen LogP contribution >= 0.6 is 11.3 Å². The van der Waals surface area contributed by atoms with E-state index in [4.69, 9.17) is 0 Å². The quantitative estimate of drug-likeness (QED) is 0.783. The first-order chi connectivity index (χ1) is 10.0. The summed E-state index contributed by atoms with van der Waals surface area (Å²) >= 11 is 1.31. The Labute approximate surface area is 126 Å². The van der Waals surface area contributed by atoms with Crippen LogP contribution in [0.15, 0.2) is 11.1 Å². The summed E-state index contributed by atoms with van der Waals surface area (Å²) in [5, 5.41) is 19.2. The number of aryl methyl sites for hydroxylation is 1. The van der Waals surface area contributed by atoms with Crippen molar-refractivity contribution >= 4 is 26.4 Å². The number of nitrogens with one attached hydrogen (secondary N) is 3. The first-order valence-corrected chi connectivity index (χ1v) is 8.61. The third-order valence-corrected chi connectivity index (χ3v) is 6.08. The molecule has 2 aromatic rings. The zero-order chi connectivity index (χ0) is 15.0. The van der Waals surface area contributed by atoms with Crippen molar-refractivity contribution in [3.63, 3.8) is 0 Å². The van der Waals surface area contributed by atoms with Gasteiger partial charge in [0, 0.05) is 11.4 Å². The normalized spacial score (nSPS) is 14.5. The molecule has 2 aromatic heterocycles. The third-order valence-electron chi connectivity index (χ3n) is 3.34. The average Bonchev–Trinajstić information content (AvgIpc) is 3.01. The number of hydrogen-bond acceptors (Lipinski definition) is 6. The standard InChI is InChI=1S/C12H13N5O2S2/c1-7-11(6-15-16-7)21(18,19)17-12-9(4-13)8-2-3-14-5-10(8)20-12/h6,14,17H,2-3,5H2,1H3,(H,15,16). The molecule has 0 fully saturated rings. The molecular weight excluding hydrogens is 310 g/mol. The van der Waals surface area contributed by atoms with E-state index in [0.717, 1.165) is 23.4 Å². The third kappa shape index (κ3) is 2.42. The highest BCUT2D eigenvalue weighted by molar-refractivity contribution is 7.93. The van der Waals surface area contributed by atoms with Gasteiger partial charge in [0.05, 0.1) is 17.5 Å². The van der Waals surface area contributed by atoms with Gasteiger partial charge in [-0.3, -0.25) is 9.82 Å². The fourth-order valence-corrected chi connectivity index (χ4v) is 4.92. The lowest BCUT2D eigenvalue weighted by Crippen LogP contribution is -2.22. The summed E-state index contributed by atoms with van der Waals surface area (Å²) in [5.74, 6) is 0. The summed E-state index contributed by atoms with van der Waals surface area (Å²) in [6.07, 6.45) is 2.00. The van der Waals surface area contributed by atoms with Crippen LogP contribution in [-0.2, 0) is 23.0 Å². The number of fused-ring (bicyclic) bond motifs is 1. The van der Waals surface area contributed by atoms with Gasteiger partial charge in [-0.1, -0.05) is 0 Å². The molecule has 0 spiro atoms. The molecular formula is C12H13N5O2S2. The second kappa shape index (κ2) is 5.14. The number of rotatable bonds is 3. The number of thiophene rings is 1. The molecule has 9 heteroatoms. The maximum atomic E-state index is 12.4. The highest BCUT2D eigenvalue weighted by atomic mass is 32.2. The van der Waals surface area contributed by atoms with Crippen molar-refractivity contribution < 1.29 is 8.42 Å². The second-order valence-electron chi connectivity index (χ2n) is 4.71. The van der Waals surface area contributed by atoms with Gasteiger partial charge in [-0.15, -0.1) is 11.3 Å². The van der Waals surface area contributed by atoms with Crippen molar-refractivity contribution in [3.8, 4) is 6.07 Å². The molecule has 0 saturated carbocycles. The highest BCUT2D eigenvalue weighted by Gasteiger charge is 2.25. The minimum atomic E-state index is -3.74. The average molecular weight is 323 g/mol. The van der Waals surface area contributed by atoms with E-state index < -0.39 is 10.0 Å². The summed E-state index contributed by atoms with van der Waals surface area (Å²) in [6, 6.07) is 2.12. The van der Waals surface area contributed by atoms with E-state index in [1.54, 1.807) is 6.92 Å². The van der Waals surface area contributed by atoms with Crippen molar-refractivity contribution in [2.24, 2.45) is 0 Å². The van der Waals surface area contributed by atoms with Crippen molar-refractivity contribution in [2.75, 3.05) is 11.3 Å². The van der Waals surface area contributed by atoms with Crippen LogP contribution in [0.2, 0.25) is 0 Å². The molecule has 0 unspecified atom stereocenters. The van der Waals surface area contributed by atoms with E-state index in [9.17, 15) is 13.7 Å². The molecule has 0 bridgehead atoms. The van der Waals surface area contributed by atoms with Crippen LogP contribution in [0, 0.1) is 18.3 Å². The van der Waals surface area contributed by atoms with Crippen LogP contribution in [0.3, 0.4) is 0 Å². The smallest absolute Gasteiger partial charge is 0.265 e. The Hall–Kier alpha value is -1.89. The minimum absolute atomic E-state index is 0.0934. The molecule has 3 heterocycles. The van der Waals surface area contributed by atoms with Crippen LogP contribution in [0.1, 0.15) is 21.7 Å². The van der Waals surface area contributed by atoms with Gasteiger partial charge in [-0.2, -0.15) is 10.4 Å². The number of H-pyrrole nitrogens is 1. The van der Waals surface area contributed by atoms with E-state index in [0.29, 0.717) is 22.8 Å². The first kappa shape index (κ1) is 14.1. The molecule has 110 valence electrons. The molecule has 0 radical (unpaired) electrons. The second-order valence-corrected chi connectivity index (χ2v) is 7.47. The summed E-state index contributed by atoms with van der Waals surface area (Å²) in [4.78, 5) is 1.11. The Balaban J connectivity index is 2.01. The number of nitriles is 1. The van der Waals surface area contributed by atoms with Crippen LogP contribution in [0.5, 0.6) is 0 Å². The molecule has 3 rings (SSSR count). The largest absolute Gasteiger partial charge is 0.312 e. The summed E-state index contributed by atoms with van der Waals surface area (Å²) < 4.78 is 27.3. The fourth-order valence-electron chi connectivity index (χ4n) is 2.31. The fraction of sp³-hybridized carbons (Fsp3) is 0.333. The molecule has 0 saturated heterocycles. The van der Waals surface area contributed by atoms with Crippen molar-refractivity contribution in [1.82, 2.24) is 15.5 Å². The van der Waals surface area contributed by atoms with Gasteiger partial charge in [0.1, 0.15) is 16.0 Å². The van der Waals surface area contributed by atoms with Gasteiger partial charge in [-0.25, -0.2) is 8.42 Å². The molecule has 0 amide bonds. The number of aromatic amines is 1. The van der Waals surface area contributed by atoms with E-state index in [1.807, 2.05) is 0 Å². The van der Waals surface area contributed by atoms with Crippen LogP contribution in [0.25, 0.3) is 0 Å². The number of anilines is 1. The van der Waals surface area contributed by atoms with E-state index in [-0.39, 0.29) is 4.90 Å². The van der Waals surface area contributed by atoms with Gasteiger partial charge < -0.3 is 5.32 Å². The maximum absolute atomic E-state index is 12.4. The van der Waals surface area contributed by atoms with Gasteiger partial charge >= 0.3 is 0 Å². The predicted molar refractivity (Wildman–Crippen MR) is 78.6 cm³/mol. The molecule has 1 aliphatic rings. The van der Waals surface area contributed by atoms with Crippen LogP contribution in [-0.4, -0.2) is 25.2 Å². The van der Waals surface area contributed by atoms with E-state index in [1.165, 1.54) is 17.5 Å². The number of nitrogens with zero attached hydrogens (tertiary/aromatic N) is 2. The van der Waals surface area contributed by atoms with Gasteiger partial charge in [-0.05, 0) is 25.5 Å². The molecule has 1 aliphatic heterocycles. The monoisotopic (exact) mass is 323 g/mol. The lowest BCUT2D eigenvalue weighted by molar-refractivity contribution is 0.601. The summed E-state index contributed by atoms with van der Waals surface area (Å²) in [5.41, 5.74) is 1.84. The molecule has 0 aliphatic carbocycles. The Morgan fingerprint density at radius 2 is 2.33 bits per heavy atom. The number of sulfonamides is 1. The SMILES string of the molecule is Cc1[nH]ncc1S(=O)(=O)Nc1sc2c(c1C#N)CCNC2. The van der Waals surface area contributed by atoms with Crippen LogP contribution < -0.4 is 10.0 Å². The summed E-state index contributed by atoms with van der Waals surface area (Å²) in [6.45, 7) is 3.10. The van der Waals surface area contributed by atoms with Gasteiger partial charge in [0.2, 0.25) is 0 Å². The Morgan fingerprint density at radius 3 is 3.00 bits per heavy atom. The number of aromatic nitrogens is 2. The highest BCUT2D eigenvalue weighted by Crippen LogP contribution is 2.36. The molecule has 3 N–H and O–H groups in total. The Kier molecular flexibility index (Phi) is 3.44. The molecule has 0 atom stereocenters. The number of hydrogen-bond donors (Lipinski definition) is 3. The van der Waals surface area contributed by atoms with Gasteiger partial charge in [0.25, 0.3) is 10.0 Å². The zero-order valence-corrected chi connectivity index (χ0v) is 12.9. The lowest BCUT2D eigenvalue weighted by Gasteiger charge is -2.11. The topological polar surface area (TPSA) is 111 Å². The van der Waals surface area contributed by atoms with E-state index >= 15 is 0 Å². The lowest BCUT2D eigenvalue weighted by atomic mass is 10.1. The summed E-state index contributed by atoms with van der Waals surface area (Å²) in [7, 11) is -3.74. The van der Waals surface area contributed by atoms with Crippen LogP contribution in [0.4, 0.5) is 5.00 Å². The van der Waals surface area contributed by atoms with E-state index in [2.05, 4.69) is 26.3 Å². The molecule has 7 nitrogen and oxygen atoms in total. The minimum Gasteiger partial charge on any atom is -0.312 e. The van der Waals surface area contributed by atoms with Gasteiger partial charge in [0.15, 0.2) is 0 Å². The predicted octanol–water partition coefficient (Wildman–Crippen LogP) is 1.10. The molecule has 0 aromatic carbocycles. The van der Waals surface area contributed by atoms with Crippen molar-refractivity contribution in [2.45, 2.75) is 24.8 Å². The zero-order valence-electron chi connectivity index (χ0n) is 11.2.